The second-order valence-corrected chi connectivity index (χ2v) is 6.68. The van der Waals surface area contributed by atoms with E-state index in [9.17, 15) is 18.4 Å². The molecule has 6 heteroatoms. The number of carbonyl (C=O) groups is 2. The Morgan fingerprint density at radius 3 is 2.37 bits per heavy atom. The number of amides is 1. The van der Waals surface area contributed by atoms with Crippen LogP contribution in [0.15, 0.2) is 48.5 Å². The number of esters is 1. The van der Waals surface area contributed by atoms with Gasteiger partial charge in [-0.1, -0.05) is 30.3 Å². The van der Waals surface area contributed by atoms with Crippen molar-refractivity contribution in [1.82, 2.24) is 4.90 Å². The Labute approximate surface area is 156 Å². The first-order valence-electron chi connectivity index (χ1n) is 8.95. The third-order valence-corrected chi connectivity index (χ3v) is 4.84. The fourth-order valence-electron chi connectivity index (χ4n) is 3.21. The number of hydrogen-bond acceptors (Lipinski definition) is 3. The van der Waals surface area contributed by atoms with Crippen LogP contribution in [0, 0.1) is 17.6 Å². The van der Waals surface area contributed by atoms with Gasteiger partial charge in [-0.3, -0.25) is 9.59 Å². The number of benzene rings is 2. The molecule has 0 N–H and O–H groups in total. The van der Waals surface area contributed by atoms with Crippen LogP contribution in [-0.4, -0.2) is 29.9 Å². The third-order valence-electron chi connectivity index (χ3n) is 4.84. The van der Waals surface area contributed by atoms with Crippen molar-refractivity contribution in [2.45, 2.75) is 25.9 Å². The maximum Gasteiger partial charge on any atom is 0.309 e. The maximum absolute atomic E-state index is 13.8. The molecule has 1 amide bonds. The van der Waals surface area contributed by atoms with Gasteiger partial charge in [0, 0.05) is 19.2 Å². The molecule has 2 aromatic rings. The van der Waals surface area contributed by atoms with Gasteiger partial charge in [0.1, 0.15) is 17.7 Å². The molecule has 2 aromatic carbocycles. The number of likely N-dealkylation sites (tertiary alicyclic amines) is 1. The van der Waals surface area contributed by atoms with E-state index in [1.807, 2.05) is 37.3 Å². The zero-order valence-electron chi connectivity index (χ0n) is 15.0. The molecule has 27 heavy (non-hydrogen) atoms. The van der Waals surface area contributed by atoms with Crippen LogP contribution in [0.3, 0.4) is 0 Å². The maximum atomic E-state index is 13.8. The third kappa shape index (κ3) is 4.51. The highest BCUT2D eigenvalue weighted by atomic mass is 19.1. The molecule has 0 bridgehead atoms. The Morgan fingerprint density at radius 1 is 1.07 bits per heavy atom. The van der Waals surface area contributed by atoms with Crippen molar-refractivity contribution in [2.24, 2.45) is 5.92 Å². The van der Waals surface area contributed by atoms with E-state index in [4.69, 9.17) is 4.74 Å². The molecule has 142 valence electrons. The van der Waals surface area contributed by atoms with Gasteiger partial charge < -0.3 is 9.64 Å². The van der Waals surface area contributed by atoms with Crippen molar-refractivity contribution < 1.29 is 23.1 Å². The highest BCUT2D eigenvalue weighted by Gasteiger charge is 2.30. The summed E-state index contributed by atoms with van der Waals surface area (Å²) < 4.78 is 32.4. The first-order valence-corrected chi connectivity index (χ1v) is 8.95. The molecule has 1 heterocycles. The molecule has 0 unspecified atom stereocenters. The van der Waals surface area contributed by atoms with Gasteiger partial charge in [0.15, 0.2) is 0 Å². The van der Waals surface area contributed by atoms with Gasteiger partial charge in [-0.15, -0.1) is 0 Å². The predicted octanol–water partition coefficient (Wildman–Crippen LogP) is 4.12. The average Bonchev–Trinajstić information content (AvgIpc) is 2.68. The number of piperidine rings is 1. The second kappa shape index (κ2) is 8.29. The van der Waals surface area contributed by atoms with E-state index in [1.165, 1.54) is 4.90 Å². The van der Waals surface area contributed by atoms with Crippen LogP contribution < -0.4 is 0 Å². The van der Waals surface area contributed by atoms with Crippen LogP contribution in [0.4, 0.5) is 8.78 Å². The van der Waals surface area contributed by atoms with Gasteiger partial charge in [0.05, 0.1) is 11.5 Å². The van der Waals surface area contributed by atoms with Crippen molar-refractivity contribution in [2.75, 3.05) is 13.1 Å². The van der Waals surface area contributed by atoms with Gasteiger partial charge in [0.2, 0.25) is 0 Å². The lowest BCUT2D eigenvalue weighted by molar-refractivity contribution is -0.155. The zero-order chi connectivity index (χ0) is 19.4. The molecule has 0 spiro atoms. The van der Waals surface area contributed by atoms with E-state index >= 15 is 0 Å². The summed E-state index contributed by atoms with van der Waals surface area (Å²) in [6, 6.07) is 12.4. The average molecular weight is 373 g/mol. The number of hydrogen-bond donors (Lipinski definition) is 0. The molecular formula is C21H21F2NO3. The Balaban J connectivity index is 1.55. The normalized spacial score (nSPS) is 16.0. The quantitative estimate of drug-likeness (QED) is 0.758. The Kier molecular flexibility index (Phi) is 5.84. The molecule has 3 rings (SSSR count). The highest BCUT2D eigenvalue weighted by molar-refractivity contribution is 5.94. The molecule has 1 atom stereocenters. The lowest BCUT2D eigenvalue weighted by Gasteiger charge is -2.31. The summed E-state index contributed by atoms with van der Waals surface area (Å²) in [5.74, 6) is -2.67. The summed E-state index contributed by atoms with van der Waals surface area (Å²) in [5, 5.41) is 0. The van der Waals surface area contributed by atoms with E-state index in [0.29, 0.717) is 32.0 Å². The SMILES string of the molecule is C[C@@H](OC(=O)C1CCN(C(=O)c2ccc(F)cc2F)CC1)c1ccccc1. The first-order chi connectivity index (χ1) is 13.0. The molecule has 4 nitrogen and oxygen atoms in total. The van der Waals surface area contributed by atoms with Crippen molar-refractivity contribution in [1.29, 1.82) is 0 Å². The molecule has 0 radical (unpaired) electrons. The van der Waals surface area contributed by atoms with E-state index in [0.717, 1.165) is 17.7 Å². The van der Waals surface area contributed by atoms with Crippen molar-refractivity contribution >= 4 is 11.9 Å². The van der Waals surface area contributed by atoms with Gasteiger partial charge in [0.25, 0.3) is 5.91 Å². The second-order valence-electron chi connectivity index (χ2n) is 6.68. The van der Waals surface area contributed by atoms with Crippen LogP contribution in [0.25, 0.3) is 0 Å². The number of halogens is 2. The summed E-state index contributed by atoms with van der Waals surface area (Å²) in [7, 11) is 0. The van der Waals surface area contributed by atoms with Gasteiger partial charge in [-0.25, -0.2) is 8.78 Å². The minimum Gasteiger partial charge on any atom is -0.458 e. The van der Waals surface area contributed by atoms with E-state index < -0.39 is 17.5 Å². The molecule has 1 aliphatic heterocycles. The van der Waals surface area contributed by atoms with Crippen LogP contribution in [0.5, 0.6) is 0 Å². The smallest absolute Gasteiger partial charge is 0.309 e. The van der Waals surface area contributed by atoms with Crippen molar-refractivity contribution in [3.8, 4) is 0 Å². The Bertz CT molecular complexity index is 817. The van der Waals surface area contributed by atoms with Crippen LogP contribution >= 0.6 is 0 Å². The minimum absolute atomic E-state index is 0.157. The lowest BCUT2D eigenvalue weighted by atomic mass is 9.96. The molecule has 1 fully saturated rings. The largest absolute Gasteiger partial charge is 0.458 e. The fourth-order valence-corrected chi connectivity index (χ4v) is 3.21. The molecule has 0 saturated carbocycles. The number of nitrogens with zero attached hydrogens (tertiary/aromatic N) is 1. The standard InChI is InChI=1S/C21H21F2NO3/c1-14(15-5-3-2-4-6-15)27-21(26)16-9-11-24(12-10-16)20(25)18-8-7-17(22)13-19(18)23/h2-8,13-14,16H,9-12H2,1H3/t14-/m1/s1. The molecule has 0 aromatic heterocycles. The van der Waals surface area contributed by atoms with E-state index in [1.54, 1.807) is 0 Å². The van der Waals surface area contributed by atoms with Gasteiger partial charge in [-0.05, 0) is 37.5 Å². The summed E-state index contributed by atoms with van der Waals surface area (Å²) in [6.45, 7) is 2.48. The molecule has 1 aliphatic rings. The monoisotopic (exact) mass is 373 g/mol. The van der Waals surface area contributed by atoms with E-state index in [-0.39, 0.29) is 23.6 Å². The summed E-state index contributed by atoms with van der Waals surface area (Å²) in [6.07, 6.45) is 0.565. The zero-order valence-corrected chi connectivity index (χ0v) is 15.0. The number of carbonyl (C=O) groups excluding carboxylic acids is 2. The Hall–Kier alpha value is -2.76. The van der Waals surface area contributed by atoms with Crippen LogP contribution in [0.2, 0.25) is 0 Å². The highest BCUT2D eigenvalue weighted by Crippen LogP contribution is 2.24. The Morgan fingerprint density at radius 2 is 1.74 bits per heavy atom. The number of rotatable bonds is 4. The van der Waals surface area contributed by atoms with Crippen molar-refractivity contribution in [3.05, 3.63) is 71.3 Å². The van der Waals surface area contributed by atoms with Crippen molar-refractivity contribution in [3.63, 3.8) is 0 Å². The fraction of sp³-hybridized carbons (Fsp3) is 0.333. The summed E-state index contributed by atoms with van der Waals surface area (Å²) >= 11 is 0. The van der Waals surface area contributed by atoms with Crippen LogP contribution in [-0.2, 0) is 9.53 Å². The van der Waals surface area contributed by atoms with Gasteiger partial charge in [-0.2, -0.15) is 0 Å². The van der Waals surface area contributed by atoms with E-state index in [2.05, 4.69) is 0 Å². The summed E-state index contributed by atoms with van der Waals surface area (Å²) in [4.78, 5) is 26.3. The first kappa shape index (κ1) is 19.0. The number of ether oxygens (including phenoxy) is 1. The molecular weight excluding hydrogens is 352 g/mol. The molecule has 0 aliphatic carbocycles. The predicted molar refractivity (Wildman–Crippen MR) is 95.9 cm³/mol. The molecule has 1 saturated heterocycles. The summed E-state index contributed by atoms with van der Waals surface area (Å²) in [5.41, 5.74) is 0.764. The lowest BCUT2D eigenvalue weighted by Crippen LogP contribution is -2.41. The van der Waals surface area contributed by atoms with Crippen LogP contribution in [0.1, 0.15) is 41.8 Å². The van der Waals surface area contributed by atoms with Gasteiger partial charge >= 0.3 is 5.97 Å². The minimum atomic E-state index is -0.877. The topological polar surface area (TPSA) is 46.6 Å².